The Hall–Kier alpha value is -3.82. The molecule has 1 amide bonds. The van der Waals surface area contributed by atoms with E-state index in [9.17, 15) is 9.90 Å². The Bertz CT molecular complexity index is 1470. The zero-order valence-corrected chi connectivity index (χ0v) is 23.8. The van der Waals surface area contributed by atoms with Crippen LogP contribution in [0.4, 0.5) is 0 Å². The summed E-state index contributed by atoms with van der Waals surface area (Å²) in [5.74, 6) is 1.81. The molecule has 0 bridgehead atoms. The van der Waals surface area contributed by atoms with Gasteiger partial charge in [-0.2, -0.15) is 0 Å². The first-order valence-electron chi connectivity index (χ1n) is 14.4. The SMILES string of the molecule is COc1cc(OC)cc(-n2ccc3c2=NCN(CC2(O)CCN(C(=O)[C@@H]4CCNC[C@H]4c4ccccc4)CC2)C=3)c1. The highest BCUT2D eigenvalue weighted by molar-refractivity contribution is 5.80. The van der Waals surface area contributed by atoms with Crippen LogP contribution in [0.25, 0.3) is 11.9 Å². The maximum absolute atomic E-state index is 13.6. The van der Waals surface area contributed by atoms with Crippen molar-refractivity contribution >= 4 is 12.1 Å². The zero-order valence-electron chi connectivity index (χ0n) is 23.8. The molecule has 0 spiro atoms. The van der Waals surface area contributed by atoms with E-state index in [-0.39, 0.29) is 17.7 Å². The number of carbonyl (C=O) groups is 1. The number of fused-ring (bicyclic) bond motifs is 1. The highest BCUT2D eigenvalue weighted by Crippen LogP contribution is 2.33. The van der Waals surface area contributed by atoms with Crippen LogP contribution in [0.5, 0.6) is 11.5 Å². The summed E-state index contributed by atoms with van der Waals surface area (Å²) in [6.45, 7) is 3.77. The van der Waals surface area contributed by atoms with Gasteiger partial charge in [0.1, 0.15) is 23.7 Å². The number of methoxy groups -OCH3 is 2. The largest absolute Gasteiger partial charge is 0.497 e. The van der Waals surface area contributed by atoms with Crippen molar-refractivity contribution < 1.29 is 19.4 Å². The van der Waals surface area contributed by atoms with Crippen molar-refractivity contribution in [1.82, 2.24) is 19.7 Å². The van der Waals surface area contributed by atoms with Crippen LogP contribution in [-0.4, -0.2) is 84.6 Å². The third-order valence-electron chi connectivity index (χ3n) is 8.76. The second-order valence-corrected chi connectivity index (χ2v) is 11.4. The van der Waals surface area contributed by atoms with E-state index >= 15 is 0 Å². The molecule has 0 unspecified atom stereocenters. The number of ether oxygens (including phenoxy) is 2. The molecule has 3 aliphatic heterocycles. The molecule has 4 heterocycles. The molecule has 2 fully saturated rings. The topological polar surface area (TPSA) is 91.6 Å². The first-order chi connectivity index (χ1) is 20.0. The highest BCUT2D eigenvalue weighted by atomic mass is 16.5. The van der Waals surface area contributed by atoms with Gasteiger partial charge in [0.25, 0.3) is 0 Å². The Labute approximate surface area is 240 Å². The second-order valence-electron chi connectivity index (χ2n) is 11.4. The summed E-state index contributed by atoms with van der Waals surface area (Å²) >= 11 is 0. The Morgan fingerprint density at radius 1 is 1.07 bits per heavy atom. The van der Waals surface area contributed by atoms with Crippen LogP contribution >= 0.6 is 0 Å². The summed E-state index contributed by atoms with van der Waals surface area (Å²) < 4.78 is 12.9. The average Bonchev–Trinajstić information content (AvgIpc) is 3.44. The number of likely N-dealkylation sites (tertiary alicyclic amines) is 1. The summed E-state index contributed by atoms with van der Waals surface area (Å²) in [5.41, 5.74) is 2.12. The molecule has 0 aliphatic carbocycles. The molecule has 3 aromatic rings. The van der Waals surface area contributed by atoms with Crippen LogP contribution in [0.3, 0.4) is 0 Å². The summed E-state index contributed by atoms with van der Waals surface area (Å²) in [6, 6.07) is 18.1. The fourth-order valence-electron chi connectivity index (χ4n) is 6.46. The first-order valence-corrected chi connectivity index (χ1v) is 14.4. The second kappa shape index (κ2) is 11.6. The number of carbonyl (C=O) groups excluding carboxylic acids is 1. The third kappa shape index (κ3) is 5.69. The lowest BCUT2D eigenvalue weighted by atomic mass is 9.80. The van der Waals surface area contributed by atoms with Crippen molar-refractivity contribution in [2.45, 2.75) is 30.8 Å². The van der Waals surface area contributed by atoms with Gasteiger partial charge in [0, 0.05) is 73.8 Å². The van der Waals surface area contributed by atoms with Crippen LogP contribution in [-0.2, 0) is 4.79 Å². The van der Waals surface area contributed by atoms with Crippen LogP contribution in [0.2, 0.25) is 0 Å². The van der Waals surface area contributed by atoms with E-state index in [4.69, 9.17) is 14.5 Å². The van der Waals surface area contributed by atoms with Gasteiger partial charge in [0.2, 0.25) is 5.91 Å². The minimum Gasteiger partial charge on any atom is -0.497 e. The van der Waals surface area contributed by atoms with Gasteiger partial charge in [-0.25, -0.2) is 4.99 Å². The number of aliphatic hydroxyl groups is 1. The fourth-order valence-corrected chi connectivity index (χ4v) is 6.46. The number of piperidine rings is 2. The van der Waals surface area contributed by atoms with E-state index < -0.39 is 5.60 Å². The Kier molecular flexibility index (Phi) is 7.73. The van der Waals surface area contributed by atoms with Gasteiger partial charge in [-0.15, -0.1) is 0 Å². The Morgan fingerprint density at radius 3 is 2.51 bits per heavy atom. The van der Waals surface area contributed by atoms with E-state index in [0.29, 0.717) is 50.6 Å². The first kappa shape index (κ1) is 27.4. The van der Waals surface area contributed by atoms with E-state index in [0.717, 1.165) is 35.9 Å². The van der Waals surface area contributed by atoms with Crippen molar-refractivity contribution in [2.75, 3.05) is 53.6 Å². The number of nitrogens with one attached hydrogen (secondary N) is 1. The summed E-state index contributed by atoms with van der Waals surface area (Å²) in [7, 11) is 3.28. The van der Waals surface area contributed by atoms with Gasteiger partial charge in [-0.3, -0.25) is 4.79 Å². The molecule has 2 aromatic carbocycles. The van der Waals surface area contributed by atoms with Crippen molar-refractivity contribution in [3.05, 3.63) is 77.1 Å². The number of aromatic nitrogens is 1. The van der Waals surface area contributed by atoms with Gasteiger partial charge < -0.3 is 34.3 Å². The number of hydrogen-bond donors (Lipinski definition) is 2. The molecule has 2 N–H and O–H groups in total. The summed E-state index contributed by atoms with van der Waals surface area (Å²) in [5, 5.41) is 16.0. The lowest BCUT2D eigenvalue weighted by molar-refractivity contribution is -0.141. The van der Waals surface area contributed by atoms with E-state index in [1.54, 1.807) is 14.2 Å². The molecule has 9 nitrogen and oxygen atoms in total. The number of benzene rings is 2. The normalized spacial score (nSPS) is 21.8. The predicted molar refractivity (Wildman–Crippen MR) is 157 cm³/mol. The molecule has 41 heavy (non-hydrogen) atoms. The fraction of sp³-hybridized carbons (Fsp3) is 0.438. The molecule has 2 saturated heterocycles. The highest BCUT2D eigenvalue weighted by Gasteiger charge is 2.39. The molecule has 3 aliphatic rings. The van der Waals surface area contributed by atoms with Gasteiger partial charge in [-0.05, 0) is 37.4 Å². The summed E-state index contributed by atoms with van der Waals surface area (Å²) in [4.78, 5) is 22.6. The van der Waals surface area contributed by atoms with E-state index in [2.05, 4.69) is 28.5 Å². The maximum Gasteiger partial charge on any atom is 0.226 e. The average molecular weight is 558 g/mol. The molecular formula is C32H39N5O4. The molecule has 1 aromatic heterocycles. The minimum absolute atomic E-state index is 0.0221. The third-order valence-corrected chi connectivity index (χ3v) is 8.76. The van der Waals surface area contributed by atoms with Crippen molar-refractivity contribution in [2.24, 2.45) is 10.9 Å². The van der Waals surface area contributed by atoms with Crippen LogP contribution in [0.15, 0.2) is 65.8 Å². The molecule has 0 saturated carbocycles. The Morgan fingerprint density at radius 2 is 1.80 bits per heavy atom. The zero-order chi connectivity index (χ0) is 28.4. The number of hydrogen-bond acceptors (Lipinski definition) is 7. The molecule has 216 valence electrons. The van der Waals surface area contributed by atoms with Gasteiger partial charge >= 0.3 is 0 Å². The standard InChI is InChI=1S/C32H39N5O4/c1-40-26-16-25(17-27(18-26)41-2)37-13-9-24-20-35(22-34-30(24)37)21-32(39)10-14-36(15-11-32)31(38)28-8-12-33-19-29(28)23-6-4-3-5-7-23/h3-7,9,13,16-18,20,28-29,33,39H,8,10-12,14-15,19,21-22H2,1-2H3/t28-,29+/m1/s1. The molecule has 6 rings (SSSR count). The van der Waals surface area contributed by atoms with Gasteiger partial charge in [0.15, 0.2) is 0 Å². The number of rotatable bonds is 7. The lowest BCUT2D eigenvalue weighted by Gasteiger charge is -2.43. The van der Waals surface area contributed by atoms with Crippen LogP contribution < -0.4 is 25.5 Å². The monoisotopic (exact) mass is 557 g/mol. The minimum atomic E-state index is -0.865. The molecular weight excluding hydrogens is 518 g/mol. The molecule has 2 atom stereocenters. The van der Waals surface area contributed by atoms with Crippen LogP contribution in [0.1, 0.15) is 30.7 Å². The number of amides is 1. The van der Waals surface area contributed by atoms with Gasteiger partial charge in [-0.1, -0.05) is 30.3 Å². The predicted octanol–water partition coefficient (Wildman–Crippen LogP) is 1.87. The molecule has 9 heteroatoms. The van der Waals surface area contributed by atoms with Gasteiger partial charge in [0.05, 0.1) is 25.5 Å². The van der Waals surface area contributed by atoms with Crippen LogP contribution in [0, 0.1) is 5.92 Å². The van der Waals surface area contributed by atoms with E-state index in [1.165, 1.54) is 5.56 Å². The number of β-amino-alcohol motifs (C(OH)–C–C–N with tert-alkyl or cyclic N) is 1. The lowest BCUT2D eigenvalue weighted by Crippen LogP contribution is -2.54. The van der Waals surface area contributed by atoms with Crippen molar-refractivity contribution in [3.63, 3.8) is 0 Å². The molecule has 0 radical (unpaired) electrons. The smallest absolute Gasteiger partial charge is 0.226 e. The van der Waals surface area contributed by atoms with E-state index in [1.807, 2.05) is 58.1 Å². The van der Waals surface area contributed by atoms with Crippen molar-refractivity contribution in [1.29, 1.82) is 0 Å². The summed E-state index contributed by atoms with van der Waals surface area (Å²) in [6.07, 6.45) is 6.02. The maximum atomic E-state index is 13.6. The Balaban J connectivity index is 1.11. The quantitative estimate of drug-likeness (QED) is 0.461. The van der Waals surface area contributed by atoms with Crippen molar-refractivity contribution in [3.8, 4) is 17.2 Å². The number of nitrogens with zero attached hydrogens (tertiary/aromatic N) is 4.